The highest BCUT2D eigenvalue weighted by atomic mass is 16.7. The fourth-order valence-electron chi connectivity index (χ4n) is 2.76. The van der Waals surface area contributed by atoms with E-state index in [-0.39, 0.29) is 0 Å². The van der Waals surface area contributed by atoms with Crippen LogP contribution in [0.15, 0.2) is 66.2 Å². The lowest BCUT2D eigenvalue weighted by molar-refractivity contribution is -0.0447. The molecular weight excluding hydrogens is 260 g/mol. The smallest absolute Gasteiger partial charge is 0.157 e. The summed E-state index contributed by atoms with van der Waals surface area (Å²) < 4.78 is 0. The zero-order valence-electron chi connectivity index (χ0n) is 11.8. The summed E-state index contributed by atoms with van der Waals surface area (Å²) >= 11 is 0. The van der Waals surface area contributed by atoms with Gasteiger partial charge in [-0.25, -0.2) is 0 Å². The molecule has 0 bridgehead atoms. The van der Waals surface area contributed by atoms with E-state index >= 15 is 0 Å². The van der Waals surface area contributed by atoms with Crippen molar-refractivity contribution in [2.75, 3.05) is 0 Å². The summed E-state index contributed by atoms with van der Waals surface area (Å²) in [5.74, 6) is 0. The Morgan fingerprint density at radius 3 is 2.24 bits per heavy atom. The van der Waals surface area contributed by atoms with Gasteiger partial charge in [-0.2, -0.15) is 5.26 Å². The van der Waals surface area contributed by atoms with Gasteiger partial charge in [-0.05, 0) is 12.0 Å². The van der Waals surface area contributed by atoms with Gasteiger partial charge in [-0.1, -0.05) is 67.6 Å². The third-order valence-electron chi connectivity index (χ3n) is 3.89. The number of benzene rings is 2. The molecule has 1 atom stereocenters. The normalized spacial score (nSPS) is 21.0. The van der Waals surface area contributed by atoms with Crippen molar-refractivity contribution < 1.29 is 4.84 Å². The molecule has 0 aromatic heterocycles. The van der Waals surface area contributed by atoms with E-state index in [9.17, 15) is 5.26 Å². The summed E-state index contributed by atoms with van der Waals surface area (Å²) in [6.45, 7) is 2.03. The molecule has 0 saturated carbocycles. The van der Waals surface area contributed by atoms with E-state index < -0.39 is 5.60 Å². The molecule has 1 aliphatic heterocycles. The van der Waals surface area contributed by atoms with Crippen LogP contribution in [-0.2, 0) is 10.4 Å². The van der Waals surface area contributed by atoms with E-state index in [2.05, 4.69) is 11.5 Å². The zero-order chi connectivity index (χ0) is 14.7. The zero-order valence-corrected chi connectivity index (χ0v) is 11.8. The fourth-order valence-corrected chi connectivity index (χ4v) is 2.76. The summed E-state index contributed by atoms with van der Waals surface area (Å²) in [5, 5.41) is 9.70. The molecular formula is C18H16N2O. The standard InChI is InChI=1S/C18H16N2O/c1-2-18(15-11-7-4-8-12-15)16(13-19)17(20-21-18)14-9-5-3-6-10-14/h3-12,20H,2H2,1H3. The number of rotatable bonds is 3. The second-order valence-electron chi connectivity index (χ2n) is 4.98. The maximum atomic E-state index is 9.70. The van der Waals surface area contributed by atoms with E-state index in [0.717, 1.165) is 16.8 Å². The molecule has 0 aliphatic carbocycles. The molecule has 0 amide bonds. The van der Waals surface area contributed by atoms with Crippen molar-refractivity contribution in [2.24, 2.45) is 0 Å². The Morgan fingerprint density at radius 1 is 1.05 bits per heavy atom. The lowest BCUT2D eigenvalue weighted by Crippen LogP contribution is -2.29. The Balaban J connectivity index is 2.17. The van der Waals surface area contributed by atoms with E-state index in [1.807, 2.05) is 67.6 Å². The first-order chi connectivity index (χ1) is 10.3. The second-order valence-corrected chi connectivity index (χ2v) is 4.98. The minimum absolute atomic E-state index is 0.627. The Morgan fingerprint density at radius 2 is 1.67 bits per heavy atom. The molecule has 0 saturated heterocycles. The van der Waals surface area contributed by atoms with Crippen LogP contribution in [-0.4, -0.2) is 0 Å². The Bertz CT molecular complexity index is 701. The maximum Gasteiger partial charge on any atom is 0.157 e. The maximum absolute atomic E-state index is 9.70. The Hall–Kier alpha value is -2.57. The molecule has 2 aromatic rings. The number of nitrogens with zero attached hydrogens (tertiary/aromatic N) is 1. The minimum Gasteiger partial charge on any atom is -0.264 e. The predicted octanol–water partition coefficient (Wildman–Crippen LogP) is 3.76. The molecule has 104 valence electrons. The van der Waals surface area contributed by atoms with Gasteiger partial charge in [-0.3, -0.25) is 10.3 Å². The van der Waals surface area contributed by atoms with Gasteiger partial charge < -0.3 is 0 Å². The largest absolute Gasteiger partial charge is 0.264 e. The first-order valence-electron chi connectivity index (χ1n) is 7.01. The topological polar surface area (TPSA) is 45.0 Å². The van der Waals surface area contributed by atoms with Crippen molar-refractivity contribution in [1.29, 1.82) is 5.26 Å². The summed E-state index contributed by atoms with van der Waals surface area (Å²) in [7, 11) is 0. The molecule has 21 heavy (non-hydrogen) atoms. The van der Waals surface area contributed by atoms with Gasteiger partial charge in [0, 0.05) is 5.56 Å². The summed E-state index contributed by atoms with van der Waals surface area (Å²) in [4.78, 5) is 5.90. The van der Waals surface area contributed by atoms with E-state index in [1.54, 1.807) is 0 Å². The molecule has 0 radical (unpaired) electrons. The van der Waals surface area contributed by atoms with Crippen molar-refractivity contribution in [3.8, 4) is 6.07 Å². The fraction of sp³-hybridized carbons (Fsp3) is 0.167. The molecule has 1 N–H and O–H groups in total. The molecule has 1 aliphatic rings. The third kappa shape index (κ3) is 2.10. The van der Waals surface area contributed by atoms with Gasteiger partial charge in [0.25, 0.3) is 0 Å². The predicted molar refractivity (Wildman–Crippen MR) is 81.6 cm³/mol. The minimum atomic E-state index is -0.721. The van der Waals surface area contributed by atoms with Crippen LogP contribution < -0.4 is 5.48 Å². The van der Waals surface area contributed by atoms with E-state index in [4.69, 9.17) is 4.84 Å². The van der Waals surface area contributed by atoms with Gasteiger partial charge in [0.05, 0.1) is 11.3 Å². The Kier molecular flexibility index (Phi) is 3.47. The van der Waals surface area contributed by atoms with Crippen LogP contribution in [0, 0.1) is 11.3 Å². The summed E-state index contributed by atoms with van der Waals surface area (Å²) in [6, 6.07) is 22.0. The van der Waals surface area contributed by atoms with Crippen LogP contribution >= 0.6 is 0 Å². The number of hydrogen-bond donors (Lipinski definition) is 1. The van der Waals surface area contributed by atoms with Crippen molar-refractivity contribution >= 4 is 5.70 Å². The summed E-state index contributed by atoms with van der Waals surface area (Å²) in [6.07, 6.45) is 0.684. The first-order valence-corrected chi connectivity index (χ1v) is 7.01. The lowest BCUT2D eigenvalue weighted by atomic mass is 9.83. The molecule has 3 heteroatoms. The van der Waals surface area contributed by atoms with Crippen molar-refractivity contribution in [3.63, 3.8) is 0 Å². The SMILES string of the molecule is CCC1(c2ccccc2)ONC(c2ccccc2)=C1C#N. The van der Waals surface area contributed by atoms with Crippen LogP contribution in [0.25, 0.3) is 5.70 Å². The highest BCUT2D eigenvalue weighted by molar-refractivity contribution is 5.74. The van der Waals surface area contributed by atoms with Crippen LogP contribution in [0.3, 0.4) is 0 Å². The monoisotopic (exact) mass is 276 g/mol. The van der Waals surface area contributed by atoms with Gasteiger partial charge in [0.2, 0.25) is 0 Å². The first kappa shape index (κ1) is 13.4. The molecule has 3 nitrogen and oxygen atoms in total. The van der Waals surface area contributed by atoms with Gasteiger partial charge in [-0.15, -0.1) is 0 Å². The highest BCUT2D eigenvalue weighted by Gasteiger charge is 2.44. The quantitative estimate of drug-likeness (QED) is 0.928. The second kappa shape index (κ2) is 5.43. The van der Waals surface area contributed by atoms with Gasteiger partial charge in [0.15, 0.2) is 5.60 Å². The van der Waals surface area contributed by atoms with Crippen molar-refractivity contribution in [2.45, 2.75) is 18.9 Å². The average molecular weight is 276 g/mol. The number of hydroxylamine groups is 1. The molecule has 1 heterocycles. The molecule has 0 spiro atoms. The highest BCUT2D eigenvalue weighted by Crippen LogP contribution is 2.43. The van der Waals surface area contributed by atoms with Gasteiger partial charge in [0.1, 0.15) is 6.07 Å². The van der Waals surface area contributed by atoms with Crippen molar-refractivity contribution in [3.05, 3.63) is 77.4 Å². The van der Waals surface area contributed by atoms with Crippen molar-refractivity contribution in [1.82, 2.24) is 5.48 Å². The van der Waals surface area contributed by atoms with Crippen LogP contribution in [0.4, 0.5) is 0 Å². The molecule has 3 rings (SSSR count). The molecule has 0 fully saturated rings. The number of nitrogens with one attached hydrogen (secondary N) is 1. The summed E-state index contributed by atoms with van der Waals surface area (Å²) in [5.41, 5.74) is 5.58. The average Bonchev–Trinajstić information content (AvgIpc) is 2.96. The Labute approximate surface area is 124 Å². The molecule has 2 aromatic carbocycles. The number of hydrogen-bond acceptors (Lipinski definition) is 3. The van der Waals surface area contributed by atoms with Gasteiger partial charge >= 0.3 is 0 Å². The van der Waals surface area contributed by atoms with Crippen LogP contribution in [0.2, 0.25) is 0 Å². The van der Waals surface area contributed by atoms with Crippen LogP contribution in [0.5, 0.6) is 0 Å². The van der Waals surface area contributed by atoms with E-state index in [0.29, 0.717) is 12.0 Å². The lowest BCUT2D eigenvalue weighted by Gasteiger charge is -2.26. The van der Waals surface area contributed by atoms with E-state index in [1.165, 1.54) is 0 Å². The molecule has 1 unspecified atom stereocenters. The van der Waals surface area contributed by atoms with Crippen LogP contribution in [0.1, 0.15) is 24.5 Å². The third-order valence-corrected chi connectivity index (χ3v) is 3.89. The number of nitriles is 1.